The minimum Gasteiger partial charge on any atom is -0.460 e. The van der Waals surface area contributed by atoms with E-state index in [1.54, 1.807) is 0 Å². The molecule has 1 fully saturated rings. The molecular weight excluding hydrogens is 284 g/mol. The van der Waals surface area contributed by atoms with Crippen LogP contribution in [0.25, 0.3) is 0 Å². The van der Waals surface area contributed by atoms with Crippen LogP contribution in [0.5, 0.6) is 0 Å². The maximum Gasteiger partial charge on any atom is 0.407 e. The van der Waals surface area contributed by atoms with Gasteiger partial charge in [0.05, 0.1) is 6.42 Å². The summed E-state index contributed by atoms with van der Waals surface area (Å²) in [5.74, 6) is -0.00537. The third-order valence-corrected chi connectivity index (χ3v) is 3.20. The molecule has 128 valence electrons. The van der Waals surface area contributed by atoms with Gasteiger partial charge in [0.2, 0.25) is 0 Å². The van der Waals surface area contributed by atoms with E-state index in [0.717, 1.165) is 13.0 Å². The largest absolute Gasteiger partial charge is 0.460 e. The molecule has 0 unspecified atom stereocenters. The van der Waals surface area contributed by atoms with Crippen LogP contribution in [-0.4, -0.2) is 42.4 Å². The Balaban J connectivity index is 2.40. The van der Waals surface area contributed by atoms with Crippen molar-refractivity contribution in [3.8, 4) is 0 Å². The highest BCUT2D eigenvalue weighted by atomic mass is 16.6. The molecule has 22 heavy (non-hydrogen) atoms. The first-order valence-electron chi connectivity index (χ1n) is 7.88. The summed E-state index contributed by atoms with van der Waals surface area (Å²) in [6.07, 6.45) is 0.816. The summed E-state index contributed by atoms with van der Waals surface area (Å²) in [6, 6.07) is 0.0322. The summed E-state index contributed by atoms with van der Waals surface area (Å²) in [5, 5.41) is 6.08. The van der Waals surface area contributed by atoms with E-state index >= 15 is 0 Å². The van der Waals surface area contributed by atoms with Gasteiger partial charge in [-0.25, -0.2) is 4.79 Å². The summed E-state index contributed by atoms with van der Waals surface area (Å²) in [7, 11) is 0. The first-order chi connectivity index (χ1) is 9.96. The molecule has 6 heteroatoms. The summed E-state index contributed by atoms with van der Waals surface area (Å²) in [6.45, 7) is 12.4. The Morgan fingerprint density at radius 3 is 2.23 bits per heavy atom. The lowest BCUT2D eigenvalue weighted by Gasteiger charge is -2.24. The third-order valence-electron chi connectivity index (χ3n) is 3.20. The van der Waals surface area contributed by atoms with Crippen molar-refractivity contribution < 1.29 is 19.1 Å². The van der Waals surface area contributed by atoms with Crippen LogP contribution in [0.1, 0.15) is 54.4 Å². The zero-order valence-corrected chi connectivity index (χ0v) is 14.6. The van der Waals surface area contributed by atoms with Crippen molar-refractivity contribution >= 4 is 12.1 Å². The molecule has 1 aliphatic rings. The lowest BCUT2D eigenvalue weighted by Crippen LogP contribution is -2.40. The number of hydrogen-bond donors (Lipinski definition) is 2. The van der Waals surface area contributed by atoms with Gasteiger partial charge in [0.15, 0.2) is 0 Å². The van der Waals surface area contributed by atoms with Gasteiger partial charge in [-0.15, -0.1) is 0 Å². The third kappa shape index (κ3) is 7.64. The molecule has 1 heterocycles. The summed E-state index contributed by atoms with van der Waals surface area (Å²) in [5.41, 5.74) is -0.978. The molecule has 1 aliphatic heterocycles. The molecule has 0 spiro atoms. The van der Waals surface area contributed by atoms with Crippen molar-refractivity contribution in [3.63, 3.8) is 0 Å². The maximum absolute atomic E-state index is 11.9. The molecule has 1 amide bonds. The lowest BCUT2D eigenvalue weighted by molar-refractivity contribution is -0.155. The highest BCUT2D eigenvalue weighted by molar-refractivity contribution is 5.71. The average Bonchev–Trinajstić information content (AvgIpc) is 2.68. The van der Waals surface area contributed by atoms with Gasteiger partial charge in [-0.05, 0) is 60.4 Å². The Morgan fingerprint density at radius 1 is 1.09 bits per heavy atom. The fraction of sp³-hybridized carbons (Fsp3) is 0.875. The van der Waals surface area contributed by atoms with Crippen LogP contribution in [0, 0.1) is 5.92 Å². The summed E-state index contributed by atoms with van der Waals surface area (Å²) >= 11 is 0. The van der Waals surface area contributed by atoms with E-state index in [4.69, 9.17) is 9.47 Å². The van der Waals surface area contributed by atoms with Gasteiger partial charge < -0.3 is 20.1 Å². The maximum atomic E-state index is 11.9. The Labute approximate surface area is 133 Å². The van der Waals surface area contributed by atoms with Gasteiger partial charge in [0.25, 0.3) is 0 Å². The van der Waals surface area contributed by atoms with Crippen molar-refractivity contribution in [2.45, 2.75) is 71.6 Å². The number of carbonyl (C=O) groups is 2. The van der Waals surface area contributed by atoms with Gasteiger partial charge in [-0.3, -0.25) is 4.79 Å². The van der Waals surface area contributed by atoms with Gasteiger partial charge in [-0.2, -0.15) is 0 Å². The number of amides is 1. The standard InChI is InChI=1S/C16H30N2O4/c1-15(2,3)21-13(19)9-12-11(7-8-17-12)10-18-14(20)22-16(4,5)6/h11-12,17H,7-10H2,1-6H3,(H,18,20)/t11-,12-/m1/s1. The number of esters is 1. The van der Waals surface area contributed by atoms with E-state index in [2.05, 4.69) is 10.6 Å². The van der Waals surface area contributed by atoms with E-state index < -0.39 is 17.3 Å². The minimum atomic E-state index is -0.506. The molecule has 0 saturated carbocycles. The normalized spacial score (nSPS) is 22.3. The molecule has 2 N–H and O–H groups in total. The molecule has 1 rings (SSSR count). The van der Waals surface area contributed by atoms with E-state index in [-0.39, 0.29) is 17.9 Å². The van der Waals surface area contributed by atoms with E-state index in [9.17, 15) is 9.59 Å². The van der Waals surface area contributed by atoms with Crippen LogP contribution in [0.2, 0.25) is 0 Å². The molecule has 0 aliphatic carbocycles. The van der Waals surface area contributed by atoms with Crippen molar-refractivity contribution in [3.05, 3.63) is 0 Å². The Morgan fingerprint density at radius 2 is 1.68 bits per heavy atom. The van der Waals surface area contributed by atoms with Crippen molar-refractivity contribution in [1.29, 1.82) is 0 Å². The molecule has 0 aromatic rings. The number of alkyl carbamates (subject to hydrolysis) is 1. The smallest absolute Gasteiger partial charge is 0.407 e. The highest BCUT2D eigenvalue weighted by Crippen LogP contribution is 2.20. The molecule has 0 radical (unpaired) electrons. The highest BCUT2D eigenvalue weighted by Gasteiger charge is 2.31. The Bertz CT molecular complexity index is 396. The van der Waals surface area contributed by atoms with Crippen molar-refractivity contribution in [2.75, 3.05) is 13.1 Å². The number of carbonyl (C=O) groups excluding carboxylic acids is 2. The monoisotopic (exact) mass is 314 g/mol. The number of rotatable bonds is 4. The van der Waals surface area contributed by atoms with E-state index in [1.165, 1.54) is 0 Å². The first-order valence-corrected chi connectivity index (χ1v) is 7.88. The molecule has 0 aromatic carbocycles. The topological polar surface area (TPSA) is 76.7 Å². The first kappa shape index (κ1) is 18.7. The molecule has 0 bridgehead atoms. The van der Waals surface area contributed by atoms with Gasteiger partial charge >= 0.3 is 12.1 Å². The minimum absolute atomic E-state index is 0.0322. The predicted octanol–water partition coefficient (Wildman–Crippen LogP) is 2.22. The molecule has 1 saturated heterocycles. The fourth-order valence-corrected chi connectivity index (χ4v) is 2.40. The van der Waals surface area contributed by atoms with Crippen molar-refractivity contribution in [1.82, 2.24) is 10.6 Å². The van der Waals surface area contributed by atoms with Crippen LogP contribution in [0.15, 0.2) is 0 Å². The number of hydrogen-bond acceptors (Lipinski definition) is 5. The summed E-state index contributed by atoms with van der Waals surface area (Å²) < 4.78 is 10.6. The van der Waals surface area contributed by atoms with Crippen LogP contribution < -0.4 is 10.6 Å². The van der Waals surface area contributed by atoms with Crippen LogP contribution in [0.4, 0.5) is 4.79 Å². The number of ether oxygens (including phenoxy) is 2. The zero-order chi connectivity index (χ0) is 17.0. The molecule has 2 atom stereocenters. The summed E-state index contributed by atoms with van der Waals surface area (Å²) in [4.78, 5) is 23.6. The van der Waals surface area contributed by atoms with E-state index in [0.29, 0.717) is 13.0 Å². The van der Waals surface area contributed by atoms with Crippen LogP contribution >= 0.6 is 0 Å². The zero-order valence-electron chi connectivity index (χ0n) is 14.6. The molecule has 0 aromatic heterocycles. The van der Waals surface area contributed by atoms with Crippen LogP contribution in [0.3, 0.4) is 0 Å². The van der Waals surface area contributed by atoms with Crippen molar-refractivity contribution in [2.24, 2.45) is 5.92 Å². The van der Waals surface area contributed by atoms with Gasteiger partial charge in [0, 0.05) is 12.6 Å². The fourth-order valence-electron chi connectivity index (χ4n) is 2.40. The van der Waals surface area contributed by atoms with Crippen LogP contribution in [-0.2, 0) is 14.3 Å². The lowest BCUT2D eigenvalue weighted by atomic mass is 9.98. The average molecular weight is 314 g/mol. The number of nitrogens with one attached hydrogen (secondary N) is 2. The Hall–Kier alpha value is -1.30. The second-order valence-electron chi connectivity index (χ2n) is 7.78. The predicted molar refractivity (Wildman–Crippen MR) is 84.6 cm³/mol. The SMILES string of the molecule is CC(C)(C)OC(=O)C[C@H]1NCC[C@@H]1CNC(=O)OC(C)(C)C. The molecular formula is C16H30N2O4. The second kappa shape index (κ2) is 7.31. The second-order valence-corrected chi connectivity index (χ2v) is 7.78. The molecule has 6 nitrogen and oxygen atoms in total. The van der Waals surface area contributed by atoms with E-state index in [1.807, 2.05) is 41.5 Å². The Kier molecular flexibility index (Phi) is 6.23. The van der Waals surface area contributed by atoms with Gasteiger partial charge in [-0.1, -0.05) is 0 Å². The van der Waals surface area contributed by atoms with Gasteiger partial charge in [0.1, 0.15) is 11.2 Å². The quantitative estimate of drug-likeness (QED) is 0.778.